The molecule has 0 unspecified atom stereocenters. The summed E-state index contributed by atoms with van der Waals surface area (Å²) in [5, 5.41) is 2.77. The fourth-order valence-corrected chi connectivity index (χ4v) is 4.25. The maximum atomic E-state index is 13.0. The van der Waals surface area contributed by atoms with Gasteiger partial charge in [0.15, 0.2) is 0 Å². The van der Waals surface area contributed by atoms with Gasteiger partial charge in [0.05, 0.1) is 16.8 Å². The van der Waals surface area contributed by atoms with Gasteiger partial charge >= 0.3 is 0 Å². The molecule has 1 amide bonds. The van der Waals surface area contributed by atoms with Crippen LogP contribution < -0.4 is 5.32 Å². The van der Waals surface area contributed by atoms with Gasteiger partial charge in [0.1, 0.15) is 0 Å². The first-order valence-electron chi connectivity index (χ1n) is 9.38. The Morgan fingerprint density at radius 2 is 1.80 bits per heavy atom. The van der Waals surface area contributed by atoms with Crippen LogP contribution in [0.15, 0.2) is 90.6 Å². The Morgan fingerprint density at radius 3 is 2.40 bits per heavy atom. The summed E-state index contributed by atoms with van der Waals surface area (Å²) >= 11 is 0. The van der Waals surface area contributed by atoms with E-state index in [0.29, 0.717) is 11.3 Å². The summed E-state index contributed by atoms with van der Waals surface area (Å²) in [6, 6.07) is 17.1. The summed E-state index contributed by atoms with van der Waals surface area (Å²) in [7, 11) is -3.67. The van der Waals surface area contributed by atoms with Gasteiger partial charge in [-0.3, -0.25) is 9.78 Å². The van der Waals surface area contributed by atoms with Crippen LogP contribution >= 0.6 is 0 Å². The SMILES string of the molecule is C=CCN(Cc1ccc(C(=O)Nc2cccnc2)cc1)S(=O)(=O)c1ccc(C)cc1. The van der Waals surface area contributed by atoms with E-state index in [0.717, 1.165) is 11.1 Å². The molecule has 6 nitrogen and oxygen atoms in total. The van der Waals surface area contributed by atoms with Gasteiger partial charge in [-0.15, -0.1) is 6.58 Å². The molecule has 0 radical (unpaired) electrons. The molecule has 1 heterocycles. The van der Waals surface area contributed by atoms with E-state index >= 15 is 0 Å². The minimum absolute atomic E-state index is 0.173. The average Bonchev–Trinajstić information content (AvgIpc) is 2.75. The third kappa shape index (κ3) is 5.20. The minimum atomic E-state index is -3.67. The molecule has 0 atom stereocenters. The van der Waals surface area contributed by atoms with Gasteiger partial charge in [-0.2, -0.15) is 4.31 Å². The third-order valence-electron chi connectivity index (χ3n) is 4.49. The number of rotatable bonds is 8. The zero-order valence-corrected chi connectivity index (χ0v) is 17.5. The number of hydrogen-bond acceptors (Lipinski definition) is 4. The number of sulfonamides is 1. The number of amides is 1. The van der Waals surface area contributed by atoms with Crippen LogP contribution in [0.4, 0.5) is 5.69 Å². The van der Waals surface area contributed by atoms with E-state index in [1.54, 1.807) is 79.1 Å². The predicted molar refractivity (Wildman–Crippen MR) is 118 cm³/mol. The van der Waals surface area contributed by atoms with E-state index < -0.39 is 10.0 Å². The third-order valence-corrected chi connectivity index (χ3v) is 6.31. The molecule has 1 N–H and O–H groups in total. The molecular weight excluding hydrogens is 398 g/mol. The van der Waals surface area contributed by atoms with Crippen molar-refractivity contribution in [1.29, 1.82) is 0 Å². The van der Waals surface area contributed by atoms with Crippen molar-refractivity contribution in [1.82, 2.24) is 9.29 Å². The van der Waals surface area contributed by atoms with E-state index in [1.807, 2.05) is 6.92 Å². The normalized spacial score (nSPS) is 11.3. The lowest BCUT2D eigenvalue weighted by Crippen LogP contribution is -2.30. The number of pyridine rings is 1. The van der Waals surface area contributed by atoms with E-state index in [-0.39, 0.29) is 23.9 Å². The fraction of sp³-hybridized carbons (Fsp3) is 0.130. The van der Waals surface area contributed by atoms with E-state index in [1.165, 1.54) is 4.31 Å². The highest BCUT2D eigenvalue weighted by atomic mass is 32.2. The van der Waals surface area contributed by atoms with Gasteiger partial charge in [-0.05, 0) is 48.9 Å². The molecule has 0 bridgehead atoms. The summed E-state index contributed by atoms with van der Waals surface area (Å²) in [5.74, 6) is -0.259. The predicted octanol–water partition coefficient (Wildman–Crippen LogP) is 4.02. The zero-order chi connectivity index (χ0) is 21.6. The molecule has 1 aromatic heterocycles. The van der Waals surface area contributed by atoms with Crippen LogP contribution in [0.1, 0.15) is 21.5 Å². The summed E-state index contributed by atoms with van der Waals surface area (Å²) < 4.78 is 27.4. The molecule has 2 aromatic carbocycles. The number of hydrogen-bond donors (Lipinski definition) is 1. The van der Waals surface area contributed by atoms with Crippen molar-refractivity contribution in [2.24, 2.45) is 0 Å². The lowest BCUT2D eigenvalue weighted by atomic mass is 10.1. The Bertz CT molecular complexity index is 1110. The lowest BCUT2D eigenvalue weighted by Gasteiger charge is -2.21. The maximum Gasteiger partial charge on any atom is 0.255 e. The number of nitrogens with zero attached hydrogens (tertiary/aromatic N) is 2. The summed E-state index contributed by atoms with van der Waals surface area (Å²) in [4.78, 5) is 16.6. The number of carbonyl (C=O) groups is 1. The van der Waals surface area contributed by atoms with E-state index in [9.17, 15) is 13.2 Å². The molecule has 0 spiro atoms. The lowest BCUT2D eigenvalue weighted by molar-refractivity contribution is 0.102. The molecule has 0 saturated heterocycles. The van der Waals surface area contributed by atoms with E-state index in [4.69, 9.17) is 0 Å². The highest BCUT2D eigenvalue weighted by molar-refractivity contribution is 7.89. The van der Waals surface area contributed by atoms with Gasteiger partial charge in [0.2, 0.25) is 10.0 Å². The number of aromatic nitrogens is 1. The van der Waals surface area contributed by atoms with Gasteiger partial charge < -0.3 is 5.32 Å². The standard InChI is InChI=1S/C23H23N3O3S/c1-3-15-26(30(28,29)22-12-6-18(2)7-13-22)17-19-8-10-20(11-9-19)23(27)25-21-5-4-14-24-16-21/h3-14,16H,1,15,17H2,2H3,(H,25,27). The van der Waals surface area contributed by atoms with Crippen LogP contribution in [0.5, 0.6) is 0 Å². The summed E-state index contributed by atoms with van der Waals surface area (Å²) in [6.07, 6.45) is 4.75. The number of nitrogens with one attached hydrogen (secondary N) is 1. The van der Waals surface area contributed by atoms with E-state index in [2.05, 4.69) is 16.9 Å². The number of carbonyl (C=O) groups excluding carboxylic acids is 1. The molecule has 0 aliphatic heterocycles. The first kappa shape index (κ1) is 21.4. The van der Waals surface area contributed by atoms with Crippen molar-refractivity contribution in [3.8, 4) is 0 Å². The Morgan fingerprint density at radius 1 is 1.10 bits per heavy atom. The van der Waals surface area contributed by atoms with Crippen molar-refractivity contribution >= 4 is 21.6 Å². The van der Waals surface area contributed by atoms with Gasteiger partial charge in [0, 0.05) is 24.8 Å². The van der Waals surface area contributed by atoms with Crippen LogP contribution in [-0.2, 0) is 16.6 Å². The second-order valence-electron chi connectivity index (χ2n) is 6.79. The highest BCUT2D eigenvalue weighted by Gasteiger charge is 2.23. The molecule has 0 saturated carbocycles. The maximum absolute atomic E-state index is 13.0. The van der Waals surface area contributed by atoms with Crippen LogP contribution in [0, 0.1) is 6.92 Å². The van der Waals surface area contributed by atoms with Crippen LogP contribution in [-0.4, -0.2) is 30.2 Å². The summed E-state index contributed by atoms with van der Waals surface area (Å²) in [6.45, 7) is 5.94. The largest absolute Gasteiger partial charge is 0.321 e. The average molecular weight is 422 g/mol. The molecule has 154 valence electrons. The smallest absolute Gasteiger partial charge is 0.255 e. The molecule has 0 aliphatic carbocycles. The monoisotopic (exact) mass is 421 g/mol. The quantitative estimate of drug-likeness (QED) is 0.557. The Kier molecular flexibility index (Phi) is 6.76. The van der Waals surface area contributed by atoms with Gasteiger partial charge in [0.25, 0.3) is 5.91 Å². The molecule has 0 fully saturated rings. The van der Waals surface area contributed by atoms with Crippen molar-refractivity contribution in [3.05, 3.63) is 102 Å². The van der Waals surface area contributed by atoms with Gasteiger partial charge in [-0.1, -0.05) is 35.9 Å². The van der Waals surface area contributed by atoms with Crippen LogP contribution in [0.2, 0.25) is 0 Å². The highest BCUT2D eigenvalue weighted by Crippen LogP contribution is 2.19. The zero-order valence-electron chi connectivity index (χ0n) is 16.7. The van der Waals surface area contributed by atoms with Crippen LogP contribution in [0.3, 0.4) is 0 Å². The molecular formula is C23H23N3O3S. The van der Waals surface area contributed by atoms with Crippen molar-refractivity contribution < 1.29 is 13.2 Å². The number of anilines is 1. The second kappa shape index (κ2) is 9.47. The Hall–Kier alpha value is -3.29. The first-order chi connectivity index (χ1) is 14.4. The van der Waals surface area contributed by atoms with Crippen molar-refractivity contribution in [3.63, 3.8) is 0 Å². The van der Waals surface area contributed by atoms with Crippen LogP contribution in [0.25, 0.3) is 0 Å². The molecule has 3 rings (SSSR count). The first-order valence-corrected chi connectivity index (χ1v) is 10.8. The second-order valence-corrected chi connectivity index (χ2v) is 8.73. The van der Waals surface area contributed by atoms with Crippen molar-refractivity contribution in [2.45, 2.75) is 18.4 Å². The Balaban J connectivity index is 1.75. The molecule has 0 aliphatic rings. The molecule has 3 aromatic rings. The molecule has 30 heavy (non-hydrogen) atoms. The molecule has 7 heteroatoms. The number of benzene rings is 2. The number of aryl methyl sites for hydroxylation is 1. The topological polar surface area (TPSA) is 79.4 Å². The Labute approximate surface area is 176 Å². The van der Waals surface area contributed by atoms with Gasteiger partial charge in [-0.25, -0.2) is 8.42 Å². The van der Waals surface area contributed by atoms with Crippen molar-refractivity contribution in [2.75, 3.05) is 11.9 Å². The summed E-state index contributed by atoms with van der Waals surface area (Å²) in [5.41, 5.74) is 2.84. The minimum Gasteiger partial charge on any atom is -0.321 e. The fourth-order valence-electron chi connectivity index (χ4n) is 2.86.